The lowest BCUT2D eigenvalue weighted by Crippen LogP contribution is -1.96. The highest BCUT2D eigenvalue weighted by Gasteiger charge is 2.19. The minimum absolute atomic E-state index is 0.0927. The number of nitrogens with zero attached hydrogens (tertiary/aromatic N) is 3. The molecule has 3 nitrogen and oxygen atoms in total. The standard InChI is InChI=1S/C64H41N3/c1-4-15-42(16-5-1)52-31-33-55-57-29-14-30-58-56-34-32-53(40-62(56)67(63(57)58)61(55)39-52)50-26-12-24-48(37-50)46-22-10-21-45(35-46)47-23-11-25-49(36-47)51-27-13-28-54(38-51)60-41-59(43-17-6-2-7-18-43)65-64(66-60)44-19-8-3-9-20-44/h1-41H/i1D,2D,3D,4D,5D,6D,7D,8D,9D,15D,16D,17D,18D,19D,20D. The Bertz CT molecular complexity index is 4720. The Balaban J connectivity index is 0.857. The van der Waals surface area contributed by atoms with E-state index < -0.39 is 66.5 Å². The molecule has 0 saturated heterocycles. The third-order valence-corrected chi connectivity index (χ3v) is 12.4. The zero-order valence-electron chi connectivity index (χ0n) is 50.4. The van der Waals surface area contributed by atoms with Crippen LogP contribution in [0.5, 0.6) is 0 Å². The third kappa shape index (κ3) is 6.84. The summed E-state index contributed by atoms with van der Waals surface area (Å²) in [6.45, 7) is 0. The molecule has 0 bridgehead atoms. The van der Waals surface area contributed by atoms with E-state index in [0.717, 1.165) is 82.6 Å². The Hall–Kier alpha value is -8.92. The summed E-state index contributed by atoms with van der Waals surface area (Å²) in [6.07, 6.45) is 0. The molecule has 0 aliphatic heterocycles. The maximum absolute atomic E-state index is 8.76. The van der Waals surface area contributed by atoms with Gasteiger partial charge in [-0.1, -0.05) is 206 Å². The maximum Gasteiger partial charge on any atom is 0.160 e. The number of fused-ring (bicyclic) bond motifs is 6. The van der Waals surface area contributed by atoms with Crippen LogP contribution in [0.25, 0.3) is 128 Å². The van der Waals surface area contributed by atoms with Crippen molar-refractivity contribution in [3.63, 3.8) is 0 Å². The molecule has 3 heteroatoms. The zero-order chi connectivity index (χ0) is 57.3. The van der Waals surface area contributed by atoms with Crippen LogP contribution in [0, 0.1) is 0 Å². The lowest BCUT2D eigenvalue weighted by Gasteiger charge is -2.12. The van der Waals surface area contributed by atoms with Crippen LogP contribution in [-0.4, -0.2) is 14.4 Å². The van der Waals surface area contributed by atoms with Crippen molar-refractivity contribution in [1.82, 2.24) is 14.4 Å². The molecule has 10 aromatic carbocycles. The van der Waals surface area contributed by atoms with E-state index >= 15 is 0 Å². The lowest BCUT2D eigenvalue weighted by atomic mass is 9.94. The van der Waals surface area contributed by atoms with Crippen molar-refractivity contribution in [2.45, 2.75) is 0 Å². The molecule has 3 heterocycles. The first-order chi connectivity index (χ1) is 39.4. The van der Waals surface area contributed by atoms with Gasteiger partial charge in [0.25, 0.3) is 0 Å². The van der Waals surface area contributed by atoms with Crippen molar-refractivity contribution in [2.75, 3.05) is 0 Å². The predicted molar refractivity (Wildman–Crippen MR) is 280 cm³/mol. The van der Waals surface area contributed by atoms with Crippen molar-refractivity contribution in [3.8, 4) is 89.5 Å². The second kappa shape index (κ2) is 16.0. The Labute approximate surface area is 410 Å². The topological polar surface area (TPSA) is 30.2 Å². The van der Waals surface area contributed by atoms with Crippen molar-refractivity contribution in [2.24, 2.45) is 0 Å². The highest BCUT2D eigenvalue weighted by atomic mass is 14.9. The predicted octanol–water partition coefficient (Wildman–Crippen LogP) is 17.0. The smallest absolute Gasteiger partial charge is 0.160 e. The Morgan fingerprint density at radius 2 is 0.642 bits per heavy atom. The molecule has 312 valence electrons. The molecule has 3 aromatic heterocycles. The SMILES string of the molecule is [2H]c1c([2H])c([2H])c(-c2ccc3c4cccc5c6ccc(-c7cccc(-c8cccc(-c9cccc(-c%10cccc(-c%11cc(-c%12c([2H])c([2H])c([2H])c([2H])c%12[2H])nc(-c%12c([2H])c([2H])c([2H])c([2H])c%12[2H])n%11)c%10)c9)c8)c7)cc6n(c3c2)c54)c([2H])c1[2H]. The summed E-state index contributed by atoms with van der Waals surface area (Å²) in [4.78, 5) is 9.25. The molecule has 0 aliphatic carbocycles. The van der Waals surface area contributed by atoms with Gasteiger partial charge in [-0.3, -0.25) is 0 Å². The van der Waals surface area contributed by atoms with Crippen LogP contribution >= 0.6 is 0 Å². The molecule has 0 atom stereocenters. The Morgan fingerprint density at radius 3 is 1.12 bits per heavy atom. The monoisotopic (exact) mass is 866 g/mol. The summed E-state index contributed by atoms with van der Waals surface area (Å²) >= 11 is 0. The fraction of sp³-hybridized carbons (Fsp3) is 0. The van der Waals surface area contributed by atoms with E-state index in [-0.39, 0.29) is 58.1 Å². The average Bonchev–Trinajstić information content (AvgIpc) is 1.74. The van der Waals surface area contributed by atoms with E-state index in [9.17, 15) is 0 Å². The van der Waals surface area contributed by atoms with Crippen LogP contribution in [-0.2, 0) is 0 Å². The Morgan fingerprint density at radius 1 is 0.284 bits per heavy atom. The fourth-order valence-corrected chi connectivity index (χ4v) is 9.28. The number of benzene rings is 10. The molecule has 0 N–H and O–H groups in total. The first-order valence-electron chi connectivity index (χ1n) is 29.1. The highest BCUT2D eigenvalue weighted by molar-refractivity contribution is 6.23. The molecule has 0 saturated carbocycles. The van der Waals surface area contributed by atoms with Gasteiger partial charge in [-0.05, 0) is 98.1 Å². The van der Waals surface area contributed by atoms with Crippen LogP contribution in [0.4, 0.5) is 0 Å². The summed E-state index contributed by atoms with van der Waals surface area (Å²) in [5.41, 5.74) is 11.2. The molecule has 0 aliphatic rings. The van der Waals surface area contributed by atoms with Gasteiger partial charge in [-0.15, -0.1) is 0 Å². The third-order valence-electron chi connectivity index (χ3n) is 12.4. The van der Waals surface area contributed by atoms with Crippen molar-refractivity contribution < 1.29 is 20.6 Å². The van der Waals surface area contributed by atoms with Crippen LogP contribution < -0.4 is 0 Å². The molecule has 13 aromatic rings. The van der Waals surface area contributed by atoms with Gasteiger partial charge in [0.2, 0.25) is 0 Å². The molecular formula is C64H41N3. The van der Waals surface area contributed by atoms with Crippen molar-refractivity contribution in [3.05, 3.63) is 248 Å². The van der Waals surface area contributed by atoms with Gasteiger partial charge in [0.15, 0.2) is 5.82 Å². The van der Waals surface area contributed by atoms with Gasteiger partial charge in [0.1, 0.15) is 0 Å². The van der Waals surface area contributed by atoms with E-state index in [4.69, 9.17) is 25.5 Å². The van der Waals surface area contributed by atoms with Crippen LogP contribution in [0.2, 0.25) is 0 Å². The Kier molecular flexibility index (Phi) is 6.22. The number of rotatable bonds is 8. The summed E-state index contributed by atoms with van der Waals surface area (Å²) in [5.74, 6) is -0.280. The second-order valence-electron chi connectivity index (χ2n) is 16.3. The van der Waals surface area contributed by atoms with Crippen LogP contribution in [0.1, 0.15) is 20.6 Å². The largest absolute Gasteiger partial charge is 0.308 e. The summed E-state index contributed by atoms with van der Waals surface area (Å²) in [6, 6.07) is 44.6. The van der Waals surface area contributed by atoms with E-state index in [0.29, 0.717) is 11.1 Å². The molecule has 13 rings (SSSR count). The van der Waals surface area contributed by atoms with Crippen LogP contribution in [0.3, 0.4) is 0 Å². The zero-order valence-corrected chi connectivity index (χ0v) is 35.4. The fourth-order valence-electron chi connectivity index (χ4n) is 9.28. The summed E-state index contributed by atoms with van der Waals surface area (Å²) < 4.78 is 129. The van der Waals surface area contributed by atoms with Gasteiger partial charge < -0.3 is 4.40 Å². The molecule has 0 radical (unpaired) electrons. The molecule has 0 fully saturated rings. The quantitative estimate of drug-likeness (QED) is 0.152. The van der Waals surface area contributed by atoms with Crippen LogP contribution in [0.15, 0.2) is 248 Å². The number of hydrogen-bond acceptors (Lipinski definition) is 2. The summed E-state index contributed by atoms with van der Waals surface area (Å²) in [7, 11) is 0. The van der Waals surface area contributed by atoms with E-state index in [2.05, 4.69) is 76.1 Å². The van der Waals surface area contributed by atoms with E-state index in [1.807, 2.05) is 78.9 Å². The molecule has 67 heavy (non-hydrogen) atoms. The van der Waals surface area contributed by atoms with Crippen molar-refractivity contribution in [1.29, 1.82) is 0 Å². The van der Waals surface area contributed by atoms with Gasteiger partial charge in [-0.25, -0.2) is 9.97 Å². The minimum atomic E-state index is -0.605. The summed E-state index contributed by atoms with van der Waals surface area (Å²) in [5, 5.41) is 4.19. The van der Waals surface area contributed by atoms with Gasteiger partial charge in [0, 0.05) is 38.2 Å². The highest BCUT2D eigenvalue weighted by Crippen LogP contribution is 2.42. The second-order valence-corrected chi connectivity index (χ2v) is 16.3. The first-order valence-corrected chi connectivity index (χ1v) is 21.6. The van der Waals surface area contributed by atoms with Crippen molar-refractivity contribution >= 4 is 38.1 Å². The number of hydrogen-bond donors (Lipinski definition) is 0. The minimum Gasteiger partial charge on any atom is -0.308 e. The number of aromatic nitrogens is 3. The lowest BCUT2D eigenvalue weighted by molar-refractivity contribution is 1.18. The molecular weight excluding hydrogens is 811 g/mol. The first kappa shape index (κ1) is 26.1. The van der Waals surface area contributed by atoms with E-state index in [1.165, 1.54) is 6.07 Å². The van der Waals surface area contributed by atoms with Gasteiger partial charge in [-0.2, -0.15) is 0 Å². The normalized spacial score (nSPS) is 14.7. The molecule has 0 spiro atoms. The maximum atomic E-state index is 8.76. The van der Waals surface area contributed by atoms with Gasteiger partial charge in [0.05, 0.1) is 48.5 Å². The number of para-hydroxylation sites is 1. The molecule has 0 unspecified atom stereocenters. The average molecular weight is 867 g/mol. The van der Waals surface area contributed by atoms with E-state index in [1.54, 1.807) is 6.07 Å². The molecule has 0 amide bonds. The van der Waals surface area contributed by atoms with Gasteiger partial charge >= 0.3 is 0 Å².